The second-order valence-corrected chi connectivity index (χ2v) is 12.4. The third-order valence-electron chi connectivity index (χ3n) is 8.22. The van der Waals surface area contributed by atoms with Gasteiger partial charge in [0.2, 0.25) is 0 Å². The van der Waals surface area contributed by atoms with E-state index in [2.05, 4.69) is 0 Å². The predicted molar refractivity (Wildman–Crippen MR) is 180 cm³/mol. The Labute approximate surface area is 275 Å². The Balaban J connectivity index is 1.34. The summed E-state index contributed by atoms with van der Waals surface area (Å²) in [5, 5.41) is 12.1. The lowest BCUT2D eigenvalue weighted by Crippen LogP contribution is -2.29. The maximum absolute atomic E-state index is 13.9. The summed E-state index contributed by atoms with van der Waals surface area (Å²) in [6, 6.07) is 24.8. The van der Waals surface area contributed by atoms with Crippen molar-refractivity contribution in [2.75, 3.05) is 18.6 Å². The van der Waals surface area contributed by atoms with Crippen LogP contribution in [0.5, 0.6) is 23.0 Å². The number of hydrogen-bond donors (Lipinski definition) is 1. The maximum atomic E-state index is 13.9. The molecule has 9 nitrogen and oxygen atoms in total. The lowest BCUT2D eigenvalue weighted by molar-refractivity contribution is -0.132. The van der Waals surface area contributed by atoms with Gasteiger partial charge in [0.1, 0.15) is 30.0 Å². The van der Waals surface area contributed by atoms with E-state index in [0.717, 1.165) is 21.6 Å². The van der Waals surface area contributed by atoms with Crippen LogP contribution in [0.2, 0.25) is 0 Å². The Bertz CT molecular complexity index is 2040. The molecule has 238 valence electrons. The average molecular weight is 649 g/mol. The Morgan fingerprint density at radius 3 is 2.62 bits per heavy atom. The first kappa shape index (κ1) is 30.3. The Kier molecular flexibility index (Phi) is 8.03. The fraction of sp³-hybridized carbons (Fsp3) is 0.216. The molecule has 0 aliphatic carbocycles. The molecule has 1 amide bonds. The zero-order chi connectivity index (χ0) is 32.7. The van der Waals surface area contributed by atoms with E-state index in [1.807, 2.05) is 68.4 Å². The number of aliphatic hydroxyl groups excluding tert-OH is 1. The van der Waals surface area contributed by atoms with Gasteiger partial charge in [0.05, 0.1) is 35.5 Å². The summed E-state index contributed by atoms with van der Waals surface area (Å²) in [5.41, 5.74) is 3.49. The average Bonchev–Trinajstić information content (AvgIpc) is 3.75. The molecule has 7 rings (SSSR count). The van der Waals surface area contributed by atoms with Gasteiger partial charge >= 0.3 is 5.91 Å². The number of rotatable bonds is 9. The van der Waals surface area contributed by atoms with Crippen LogP contribution in [0.25, 0.3) is 16.0 Å². The number of hydrogen-bond acceptors (Lipinski definition) is 9. The van der Waals surface area contributed by atoms with Crippen molar-refractivity contribution in [2.45, 2.75) is 39.0 Å². The molecule has 2 aliphatic rings. The molecule has 2 atom stereocenters. The Hall–Kier alpha value is -5.35. The van der Waals surface area contributed by atoms with Crippen LogP contribution in [0, 0.1) is 0 Å². The van der Waals surface area contributed by atoms with Crippen LogP contribution < -0.4 is 23.8 Å². The first-order valence-corrected chi connectivity index (χ1v) is 16.1. The number of benzene rings is 4. The van der Waals surface area contributed by atoms with Crippen LogP contribution in [0.4, 0.5) is 5.13 Å². The molecule has 10 heteroatoms. The van der Waals surface area contributed by atoms with Gasteiger partial charge in [-0.25, -0.2) is 4.98 Å². The van der Waals surface area contributed by atoms with E-state index in [0.29, 0.717) is 58.7 Å². The first-order chi connectivity index (χ1) is 22.8. The molecule has 1 fully saturated rings. The van der Waals surface area contributed by atoms with Gasteiger partial charge < -0.3 is 24.1 Å². The van der Waals surface area contributed by atoms with E-state index < -0.39 is 17.7 Å². The van der Waals surface area contributed by atoms with Gasteiger partial charge in [0.25, 0.3) is 5.78 Å². The van der Waals surface area contributed by atoms with Gasteiger partial charge in [-0.05, 0) is 79.1 Å². The van der Waals surface area contributed by atoms with Crippen molar-refractivity contribution in [2.24, 2.45) is 0 Å². The molecular weight excluding hydrogens is 616 g/mol. The minimum atomic E-state index is -0.998. The van der Waals surface area contributed by atoms with Crippen LogP contribution in [0.3, 0.4) is 0 Å². The van der Waals surface area contributed by atoms with Gasteiger partial charge in [-0.15, -0.1) is 0 Å². The number of aromatic nitrogens is 1. The largest absolute Gasteiger partial charge is 0.507 e. The number of fused-ring (bicyclic) bond motifs is 2. The molecule has 0 unspecified atom stereocenters. The zero-order valence-corrected chi connectivity index (χ0v) is 26.9. The number of nitrogens with zero attached hydrogens (tertiary/aromatic N) is 2. The molecule has 0 saturated carbocycles. The molecule has 47 heavy (non-hydrogen) atoms. The highest BCUT2D eigenvalue weighted by Crippen LogP contribution is 2.46. The molecule has 1 aromatic heterocycles. The number of ether oxygens (including phenoxy) is 4. The molecule has 1 saturated heterocycles. The Morgan fingerprint density at radius 2 is 1.83 bits per heavy atom. The standard InChI is InChI=1S/C37H32N2O7S/c1-4-44-26-12-13-27-31(19-26)47-37(38-27)39-33(23-10-15-29(30(18-23)43-3)45-20-22-8-6-5-7-9-22)32(35(41)36(39)42)34(40)24-11-14-28-25(17-24)16-21(2)46-28/h5-15,17-19,21,33,40H,4,16,20H2,1-3H3/b34-32+/t21-,33-/m0/s1. The van der Waals surface area contributed by atoms with Crippen molar-refractivity contribution in [1.82, 2.24) is 4.98 Å². The summed E-state index contributed by atoms with van der Waals surface area (Å²) >= 11 is 1.27. The molecule has 4 aromatic carbocycles. The van der Waals surface area contributed by atoms with Gasteiger partial charge in [-0.1, -0.05) is 47.7 Å². The molecule has 0 bridgehead atoms. The summed E-state index contributed by atoms with van der Waals surface area (Å²) in [5.74, 6) is 0.451. The number of methoxy groups -OCH3 is 1. The molecular formula is C37H32N2O7S. The van der Waals surface area contributed by atoms with Gasteiger partial charge in [-0.3, -0.25) is 14.5 Å². The summed E-state index contributed by atoms with van der Waals surface area (Å²) in [6.07, 6.45) is 0.677. The summed E-state index contributed by atoms with van der Waals surface area (Å²) in [4.78, 5) is 33.9. The molecule has 3 heterocycles. The van der Waals surface area contributed by atoms with Gasteiger partial charge in [0.15, 0.2) is 16.6 Å². The fourth-order valence-corrected chi connectivity index (χ4v) is 7.05. The number of thiazole rings is 1. The van der Waals surface area contributed by atoms with Crippen molar-refractivity contribution in [1.29, 1.82) is 0 Å². The van der Waals surface area contributed by atoms with Crippen molar-refractivity contribution in [3.8, 4) is 23.0 Å². The van der Waals surface area contributed by atoms with Crippen LogP contribution in [0.15, 0.2) is 90.5 Å². The van der Waals surface area contributed by atoms with E-state index >= 15 is 0 Å². The van der Waals surface area contributed by atoms with Crippen molar-refractivity contribution in [3.63, 3.8) is 0 Å². The fourth-order valence-electron chi connectivity index (χ4n) is 6.03. The highest BCUT2D eigenvalue weighted by atomic mass is 32.1. The second-order valence-electron chi connectivity index (χ2n) is 11.4. The Morgan fingerprint density at radius 1 is 1.00 bits per heavy atom. The highest BCUT2D eigenvalue weighted by Gasteiger charge is 2.48. The van der Waals surface area contributed by atoms with E-state index in [1.54, 1.807) is 30.3 Å². The van der Waals surface area contributed by atoms with Crippen LogP contribution >= 0.6 is 11.3 Å². The monoisotopic (exact) mass is 648 g/mol. The molecule has 2 aliphatic heterocycles. The molecule has 0 radical (unpaired) electrons. The maximum Gasteiger partial charge on any atom is 0.301 e. The van der Waals surface area contributed by atoms with Crippen molar-refractivity contribution < 1.29 is 33.6 Å². The summed E-state index contributed by atoms with van der Waals surface area (Å²) in [6.45, 7) is 4.71. The number of carbonyl (C=O) groups excluding carboxylic acids is 2. The normalized spacial score (nSPS) is 18.3. The van der Waals surface area contributed by atoms with Crippen molar-refractivity contribution in [3.05, 3.63) is 113 Å². The van der Waals surface area contributed by atoms with Crippen LogP contribution in [-0.4, -0.2) is 41.6 Å². The zero-order valence-electron chi connectivity index (χ0n) is 26.1. The van der Waals surface area contributed by atoms with E-state index in [1.165, 1.54) is 23.3 Å². The SMILES string of the molecule is CCOc1ccc2nc(N3C(=O)C(=O)/C(=C(/O)c4ccc5c(c4)C[C@H](C)O5)[C@@H]3c3ccc(OCc4ccccc4)c(OC)c3)sc2c1. The quantitative estimate of drug-likeness (QED) is 0.101. The number of Topliss-reactive ketones (excluding diaryl/α,β-unsaturated/α-hetero) is 1. The van der Waals surface area contributed by atoms with Gasteiger partial charge in [-0.2, -0.15) is 0 Å². The topological polar surface area (TPSA) is 107 Å². The number of ketones is 1. The summed E-state index contributed by atoms with van der Waals surface area (Å²) < 4.78 is 24.1. The number of carbonyl (C=O) groups is 2. The second kappa shape index (κ2) is 12.4. The molecule has 5 aromatic rings. The summed E-state index contributed by atoms with van der Waals surface area (Å²) in [7, 11) is 1.53. The van der Waals surface area contributed by atoms with Gasteiger partial charge in [0, 0.05) is 12.0 Å². The van der Waals surface area contributed by atoms with E-state index in [9.17, 15) is 14.7 Å². The van der Waals surface area contributed by atoms with E-state index in [-0.39, 0.29) is 17.4 Å². The third-order valence-corrected chi connectivity index (χ3v) is 9.24. The molecule has 1 N–H and O–H groups in total. The predicted octanol–water partition coefficient (Wildman–Crippen LogP) is 7.23. The minimum Gasteiger partial charge on any atom is -0.507 e. The van der Waals surface area contributed by atoms with E-state index in [4.69, 9.17) is 23.9 Å². The lowest BCUT2D eigenvalue weighted by atomic mass is 9.94. The number of anilines is 1. The first-order valence-electron chi connectivity index (χ1n) is 15.3. The third kappa shape index (κ3) is 5.65. The number of aliphatic hydroxyl groups is 1. The van der Waals surface area contributed by atoms with Crippen LogP contribution in [-0.2, 0) is 22.6 Å². The lowest BCUT2D eigenvalue weighted by Gasteiger charge is -2.24. The number of amides is 1. The van der Waals surface area contributed by atoms with Crippen molar-refractivity contribution >= 4 is 44.1 Å². The smallest absolute Gasteiger partial charge is 0.301 e. The van der Waals surface area contributed by atoms with Crippen LogP contribution in [0.1, 0.15) is 42.1 Å². The highest BCUT2D eigenvalue weighted by molar-refractivity contribution is 7.22. The molecule has 0 spiro atoms. The minimum absolute atomic E-state index is 0.00495.